The summed E-state index contributed by atoms with van der Waals surface area (Å²) in [5, 5.41) is 0. The topological polar surface area (TPSA) is 17.8 Å². The highest BCUT2D eigenvalue weighted by molar-refractivity contribution is 5.87. The molecule has 0 saturated heterocycles. The first-order chi connectivity index (χ1) is 11.1. The molecule has 0 fully saturated rings. The Labute approximate surface area is 137 Å². The molecule has 3 rings (SSSR count). The molecule has 0 atom stereocenters. The summed E-state index contributed by atoms with van der Waals surface area (Å²) in [5.41, 5.74) is 5.42. The van der Waals surface area contributed by atoms with Crippen LogP contribution in [0.1, 0.15) is 20.8 Å². The Balaban J connectivity index is 2.28. The lowest BCUT2D eigenvalue weighted by Crippen LogP contribution is -2.05. The van der Waals surface area contributed by atoms with Crippen LogP contribution in [-0.2, 0) is 0 Å². The van der Waals surface area contributed by atoms with Crippen molar-refractivity contribution in [1.29, 1.82) is 0 Å². The molecule has 0 aliphatic heterocycles. The van der Waals surface area contributed by atoms with Crippen molar-refractivity contribution in [3.8, 4) is 11.4 Å². The van der Waals surface area contributed by atoms with Crippen LogP contribution in [-0.4, -0.2) is 9.55 Å². The van der Waals surface area contributed by atoms with Gasteiger partial charge in [-0.2, -0.15) is 0 Å². The van der Waals surface area contributed by atoms with Crippen LogP contribution in [0, 0.1) is 5.92 Å². The zero-order chi connectivity index (χ0) is 16.4. The zero-order valence-corrected chi connectivity index (χ0v) is 14.0. The Morgan fingerprint density at radius 1 is 1.04 bits per heavy atom. The van der Waals surface area contributed by atoms with E-state index in [4.69, 9.17) is 4.98 Å². The van der Waals surface area contributed by atoms with E-state index in [1.165, 1.54) is 5.57 Å². The molecule has 0 aliphatic carbocycles. The van der Waals surface area contributed by atoms with Crippen LogP contribution in [0.4, 0.5) is 0 Å². The number of aromatic nitrogens is 2. The van der Waals surface area contributed by atoms with Crippen molar-refractivity contribution in [3.05, 3.63) is 72.8 Å². The fourth-order valence-corrected chi connectivity index (χ4v) is 3.04. The molecule has 0 radical (unpaired) electrons. The van der Waals surface area contributed by atoms with Gasteiger partial charge >= 0.3 is 0 Å². The predicted octanol–water partition coefficient (Wildman–Crippen LogP) is 5.78. The minimum atomic E-state index is 0.414. The van der Waals surface area contributed by atoms with Crippen LogP contribution >= 0.6 is 0 Å². The van der Waals surface area contributed by atoms with E-state index in [-0.39, 0.29) is 0 Å². The average Bonchev–Trinajstić information content (AvgIpc) is 2.95. The maximum Gasteiger partial charge on any atom is 0.145 e. The van der Waals surface area contributed by atoms with Gasteiger partial charge < -0.3 is 0 Å². The third kappa shape index (κ3) is 2.72. The summed E-state index contributed by atoms with van der Waals surface area (Å²) < 4.78 is 2.18. The van der Waals surface area contributed by atoms with Crippen LogP contribution in [0.2, 0.25) is 0 Å². The fraction of sp³-hybridized carbons (Fsp3) is 0.190. The molecule has 2 heteroatoms. The summed E-state index contributed by atoms with van der Waals surface area (Å²) >= 11 is 0. The summed E-state index contributed by atoms with van der Waals surface area (Å²) in [7, 11) is 0. The van der Waals surface area contributed by atoms with Gasteiger partial charge in [0.2, 0.25) is 0 Å². The second-order valence-electron chi connectivity index (χ2n) is 5.97. The lowest BCUT2D eigenvalue weighted by molar-refractivity contribution is 0.784. The maximum atomic E-state index is 4.85. The second kappa shape index (κ2) is 6.25. The Bertz CT molecular complexity index is 867. The van der Waals surface area contributed by atoms with E-state index in [2.05, 4.69) is 62.3 Å². The highest BCUT2D eigenvalue weighted by Gasteiger charge is 2.17. The lowest BCUT2D eigenvalue weighted by Gasteiger charge is -2.18. The summed E-state index contributed by atoms with van der Waals surface area (Å²) in [6.07, 6.45) is 2.15. The number of fused-ring (bicyclic) bond motifs is 1. The number of hydrogen-bond acceptors (Lipinski definition) is 1. The molecule has 2 nitrogen and oxygen atoms in total. The molecule has 0 spiro atoms. The maximum absolute atomic E-state index is 4.85. The first-order valence-corrected chi connectivity index (χ1v) is 8.02. The third-order valence-corrected chi connectivity index (χ3v) is 4.13. The molecule has 0 unspecified atom stereocenters. The van der Waals surface area contributed by atoms with Crippen LogP contribution in [0.15, 0.2) is 72.8 Å². The van der Waals surface area contributed by atoms with Gasteiger partial charge in [0, 0.05) is 11.3 Å². The SMILES string of the molecule is C=C(C(=CC)C(C)C)n1c(-c2ccccc2)nc2ccccc21. The van der Waals surface area contributed by atoms with Crippen LogP contribution < -0.4 is 0 Å². The predicted molar refractivity (Wildman–Crippen MR) is 99.1 cm³/mol. The molecule has 116 valence electrons. The Hall–Kier alpha value is -2.61. The Morgan fingerprint density at radius 2 is 1.70 bits per heavy atom. The first-order valence-electron chi connectivity index (χ1n) is 8.02. The second-order valence-corrected chi connectivity index (χ2v) is 5.97. The number of allylic oxidation sites excluding steroid dienone is 3. The molecule has 2 aromatic carbocycles. The fourth-order valence-electron chi connectivity index (χ4n) is 3.04. The molecular formula is C21H22N2. The van der Waals surface area contributed by atoms with E-state index in [0.29, 0.717) is 5.92 Å². The molecule has 0 N–H and O–H groups in total. The standard InChI is InChI=1S/C21H22N2/c1-5-18(15(2)3)16(4)23-20-14-10-9-13-19(20)22-21(23)17-11-7-6-8-12-17/h5-15H,4H2,1-3H3. The van der Waals surface area contributed by atoms with Crippen LogP contribution in [0.25, 0.3) is 28.1 Å². The molecule has 0 amide bonds. The van der Waals surface area contributed by atoms with E-state index < -0.39 is 0 Å². The first kappa shape index (κ1) is 15.3. The monoisotopic (exact) mass is 302 g/mol. The zero-order valence-electron chi connectivity index (χ0n) is 14.0. The van der Waals surface area contributed by atoms with Gasteiger partial charge in [0.15, 0.2) is 0 Å². The molecule has 0 saturated carbocycles. The molecule has 0 aliphatic rings. The number of imidazole rings is 1. The van der Waals surface area contributed by atoms with Crippen molar-refractivity contribution in [2.24, 2.45) is 5.92 Å². The highest BCUT2D eigenvalue weighted by atomic mass is 15.1. The van der Waals surface area contributed by atoms with E-state index in [1.807, 2.05) is 30.3 Å². The third-order valence-electron chi connectivity index (χ3n) is 4.13. The van der Waals surface area contributed by atoms with Crippen LogP contribution in [0.3, 0.4) is 0 Å². The van der Waals surface area contributed by atoms with E-state index >= 15 is 0 Å². The van der Waals surface area contributed by atoms with E-state index in [0.717, 1.165) is 28.1 Å². The quantitative estimate of drug-likeness (QED) is 0.559. The van der Waals surface area contributed by atoms with Gasteiger partial charge in [0.05, 0.1) is 11.0 Å². The van der Waals surface area contributed by atoms with Crippen LogP contribution in [0.5, 0.6) is 0 Å². The smallest absolute Gasteiger partial charge is 0.145 e. The number of rotatable bonds is 4. The Morgan fingerprint density at radius 3 is 2.35 bits per heavy atom. The molecule has 1 aromatic heterocycles. The van der Waals surface area contributed by atoms with Crippen molar-refractivity contribution in [2.75, 3.05) is 0 Å². The largest absolute Gasteiger partial charge is 0.293 e. The Kier molecular flexibility index (Phi) is 4.16. The summed E-state index contributed by atoms with van der Waals surface area (Å²) in [6, 6.07) is 18.5. The number of nitrogens with zero attached hydrogens (tertiary/aromatic N) is 2. The van der Waals surface area contributed by atoms with E-state index in [1.54, 1.807) is 0 Å². The molecule has 23 heavy (non-hydrogen) atoms. The van der Waals surface area contributed by atoms with Crippen molar-refractivity contribution in [3.63, 3.8) is 0 Å². The normalized spacial score (nSPS) is 12.1. The minimum absolute atomic E-state index is 0.414. The van der Waals surface area contributed by atoms with Gasteiger partial charge in [0.1, 0.15) is 5.82 Å². The minimum Gasteiger partial charge on any atom is -0.293 e. The molecule has 3 aromatic rings. The van der Waals surface area contributed by atoms with Crippen molar-refractivity contribution in [1.82, 2.24) is 9.55 Å². The summed E-state index contributed by atoms with van der Waals surface area (Å²) in [5.74, 6) is 1.36. The molecular weight excluding hydrogens is 280 g/mol. The van der Waals surface area contributed by atoms with Gasteiger partial charge in [-0.05, 0) is 30.5 Å². The lowest BCUT2D eigenvalue weighted by atomic mass is 10.00. The van der Waals surface area contributed by atoms with Gasteiger partial charge in [-0.15, -0.1) is 0 Å². The van der Waals surface area contributed by atoms with Crippen molar-refractivity contribution >= 4 is 16.7 Å². The number of benzene rings is 2. The van der Waals surface area contributed by atoms with E-state index in [9.17, 15) is 0 Å². The summed E-state index contributed by atoms with van der Waals surface area (Å²) in [4.78, 5) is 4.85. The van der Waals surface area contributed by atoms with Crippen molar-refractivity contribution < 1.29 is 0 Å². The average molecular weight is 302 g/mol. The highest BCUT2D eigenvalue weighted by Crippen LogP contribution is 2.32. The van der Waals surface area contributed by atoms with Gasteiger partial charge in [-0.25, -0.2) is 4.98 Å². The van der Waals surface area contributed by atoms with Gasteiger partial charge in [-0.3, -0.25) is 4.57 Å². The van der Waals surface area contributed by atoms with Gasteiger partial charge in [-0.1, -0.05) is 69.0 Å². The van der Waals surface area contributed by atoms with Gasteiger partial charge in [0.25, 0.3) is 0 Å². The molecule has 1 heterocycles. The van der Waals surface area contributed by atoms with Crippen molar-refractivity contribution in [2.45, 2.75) is 20.8 Å². The molecule has 0 bridgehead atoms. The summed E-state index contributed by atoms with van der Waals surface area (Å²) in [6.45, 7) is 10.8. The number of hydrogen-bond donors (Lipinski definition) is 0. The number of para-hydroxylation sites is 2.